The summed E-state index contributed by atoms with van der Waals surface area (Å²) in [4.78, 5) is 11.9. The largest absolute Gasteiger partial charge is 0.359 e. The van der Waals surface area contributed by atoms with Gasteiger partial charge in [-0.2, -0.15) is 0 Å². The number of hydrogen-bond acceptors (Lipinski definition) is 3. The summed E-state index contributed by atoms with van der Waals surface area (Å²) in [5.74, 6) is 0.487. The first-order valence-corrected chi connectivity index (χ1v) is 7.26. The van der Waals surface area contributed by atoms with Crippen molar-refractivity contribution in [2.45, 2.75) is 32.6 Å². The molecule has 0 saturated carbocycles. The number of hydrogen-bond donors (Lipinski definition) is 1. The van der Waals surface area contributed by atoms with Gasteiger partial charge in [-0.3, -0.25) is 4.79 Å². The van der Waals surface area contributed by atoms with E-state index in [4.69, 9.17) is 4.52 Å². The van der Waals surface area contributed by atoms with Crippen LogP contribution in [0.3, 0.4) is 0 Å². The van der Waals surface area contributed by atoms with Crippen LogP contribution in [0.2, 0.25) is 0 Å². The molecule has 0 unspecified atom stereocenters. The molecule has 0 saturated heterocycles. The Hall–Kier alpha value is -1.69. The number of carbonyl (C=O) groups excluding carboxylic acids is 1. The molecule has 0 aliphatic heterocycles. The molecule has 2 rings (SSSR count). The maximum atomic E-state index is 13.1. The molecule has 0 bridgehead atoms. The lowest BCUT2D eigenvalue weighted by Crippen LogP contribution is -2.14. The van der Waals surface area contributed by atoms with E-state index < -0.39 is 0 Å². The van der Waals surface area contributed by atoms with Gasteiger partial charge < -0.3 is 9.84 Å². The van der Waals surface area contributed by atoms with Crippen LogP contribution in [-0.2, 0) is 16.6 Å². The van der Waals surface area contributed by atoms with E-state index in [0.29, 0.717) is 21.6 Å². The summed E-state index contributed by atoms with van der Waals surface area (Å²) < 4.78 is 18.7. The minimum atomic E-state index is -0.356. The molecule has 1 aromatic carbocycles. The van der Waals surface area contributed by atoms with Crippen LogP contribution in [0.15, 0.2) is 33.3 Å². The van der Waals surface area contributed by atoms with E-state index in [1.807, 2.05) is 20.8 Å². The number of nitrogens with one attached hydrogen (secondary N) is 1. The number of carbonyl (C=O) groups is 1. The van der Waals surface area contributed by atoms with Gasteiger partial charge in [-0.15, -0.1) is 0 Å². The second-order valence-corrected chi connectivity index (χ2v) is 6.65. The van der Waals surface area contributed by atoms with E-state index in [2.05, 4.69) is 26.4 Å². The number of benzene rings is 1. The Morgan fingerprint density at radius 3 is 2.67 bits per heavy atom. The fraction of sp³-hybridized carbons (Fsp3) is 0.333. The molecule has 0 atom stereocenters. The molecule has 2 aromatic rings. The lowest BCUT2D eigenvalue weighted by Gasteiger charge is -2.12. The van der Waals surface area contributed by atoms with Crippen LogP contribution in [0.25, 0.3) is 0 Å². The standard InChI is InChI=1S/C15H16BrFN2O2/c1-15(2,3)12-8-13(19-21-12)18-14(20)7-9-4-5-11(17)10(16)6-9/h4-6,8H,7H2,1-3H3,(H,18,19,20). The third-order valence-corrected chi connectivity index (χ3v) is 3.47. The van der Waals surface area contributed by atoms with Gasteiger partial charge in [-0.1, -0.05) is 32.0 Å². The lowest BCUT2D eigenvalue weighted by atomic mass is 9.93. The normalized spacial score (nSPS) is 11.5. The molecule has 1 heterocycles. The van der Waals surface area contributed by atoms with Crippen LogP contribution in [0.1, 0.15) is 32.1 Å². The van der Waals surface area contributed by atoms with Crippen molar-refractivity contribution in [2.24, 2.45) is 0 Å². The van der Waals surface area contributed by atoms with Gasteiger partial charge in [-0.25, -0.2) is 4.39 Å². The highest BCUT2D eigenvalue weighted by Gasteiger charge is 2.20. The number of amides is 1. The fourth-order valence-corrected chi connectivity index (χ4v) is 2.14. The van der Waals surface area contributed by atoms with Crippen molar-refractivity contribution >= 4 is 27.7 Å². The molecular weight excluding hydrogens is 339 g/mol. The number of anilines is 1. The zero-order valence-electron chi connectivity index (χ0n) is 12.0. The van der Waals surface area contributed by atoms with E-state index >= 15 is 0 Å². The van der Waals surface area contributed by atoms with Crippen LogP contribution < -0.4 is 5.32 Å². The topological polar surface area (TPSA) is 55.1 Å². The van der Waals surface area contributed by atoms with Gasteiger partial charge in [0.1, 0.15) is 11.6 Å². The fourth-order valence-electron chi connectivity index (χ4n) is 1.71. The molecule has 1 aromatic heterocycles. The van der Waals surface area contributed by atoms with Gasteiger partial charge in [0.15, 0.2) is 5.82 Å². The Morgan fingerprint density at radius 2 is 2.10 bits per heavy atom. The Bertz CT molecular complexity index is 662. The molecular formula is C15H16BrFN2O2. The molecule has 0 radical (unpaired) electrons. The van der Waals surface area contributed by atoms with Gasteiger partial charge in [-0.05, 0) is 33.6 Å². The summed E-state index contributed by atoms with van der Waals surface area (Å²) in [6.07, 6.45) is 0.136. The lowest BCUT2D eigenvalue weighted by molar-refractivity contribution is -0.115. The van der Waals surface area contributed by atoms with Crippen LogP contribution in [0, 0.1) is 5.82 Å². The minimum absolute atomic E-state index is 0.136. The first kappa shape index (κ1) is 15.7. The van der Waals surface area contributed by atoms with Gasteiger partial charge in [0.05, 0.1) is 10.9 Å². The quantitative estimate of drug-likeness (QED) is 0.904. The van der Waals surface area contributed by atoms with Crippen molar-refractivity contribution < 1.29 is 13.7 Å². The van der Waals surface area contributed by atoms with Crippen LogP contribution in [-0.4, -0.2) is 11.1 Å². The summed E-state index contributed by atoms with van der Waals surface area (Å²) in [6.45, 7) is 5.99. The number of halogens is 2. The minimum Gasteiger partial charge on any atom is -0.359 e. The van der Waals surface area contributed by atoms with Crippen molar-refractivity contribution in [3.8, 4) is 0 Å². The Balaban J connectivity index is 2.01. The third kappa shape index (κ3) is 4.14. The van der Waals surface area contributed by atoms with Crippen molar-refractivity contribution in [1.29, 1.82) is 0 Å². The van der Waals surface area contributed by atoms with Crippen LogP contribution in [0.4, 0.5) is 10.2 Å². The second-order valence-electron chi connectivity index (χ2n) is 5.80. The SMILES string of the molecule is CC(C)(C)c1cc(NC(=O)Cc2ccc(F)c(Br)c2)no1. The first-order valence-electron chi connectivity index (χ1n) is 6.46. The number of rotatable bonds is 3. The molecule has 1 amide bonds. The molecule has 6 heteroatoms. The predicted octanol–water partition coefficient (Wildman–Crippen LogP) is 4.05. The Labute approximate surface area is 130 Å². The van der Waals surface area contributed by atoms with Gasteiger partial charge in [0.25, 0.3) is 0 Å². The van der Waals surface area contributed by atoms with E-state index in [1.54, 1.807) is 18.2 Å². The first-order chi connectivity index (χ1) is 9.75. The van der Waals surface area contributed by atoms with E-state index in [9.17, 15) is 9.18 Å². The van der Waals surface area contributed by atoms with E-state index in [0.717, 1.165) is 0 Å². The summed E-state index contributed by atoms with van der Waals surface area (Å²) in [5, 5.41) is 6.48. The maximum Gasteiger partial charge on any atom is 0.230 e. The van der Waals surface area contributed by atoms with Gasteiger partial charge in [0.2, 0.25) is 5.91 Å². The molecule has 112 valence electrons. The average molecular weight is 355 g/mol. The van der Waals surface area contributed by atoms with Crippen molar-refractivity contribution in [2.75, 3.05) is 5.32 Å². The molecule has 0 spiro atoms. The summed E-state index contributed by atoms with van der Waals surface area (Å²) >= 11 is 3.09. The Morgan fingerprint density at radius 1 is 1.38 bits per heavy atom. The Kier molecular flexibility index (Phi) is 4.46. The zero-order valence-corrected chi connectivity index (χ0v) is 13.6. The number of aromatic nitrogens is 1. The summed E-state index contributed by atoms with van der Waals surface area (Å²) in [5.41, 5.74) is 0.540. The summed E-state index contributed by atoms with van der Waals surface area (Å²) in [6, 6.07) is 6.18. The van der Waals surface area contributed by atoms with Crippen molar-refractivity contribution in [3.63, 3.8) is 0 Å². The van der Waals surface area contributed by atoms with Gasteiger partial charge in [0, 0.05) is 11.5 Å². The van der Waals surface area contributed by atoms with Crippen molar-refractivity contribution in [1.82, 2.24) is 5.16 Å². The zero-order chi connectivity index (χ0) is 15.6. The molecule has 1 N–H and O–H groups in total. The highest BCUT2D eigenvalue weighted by Crippen LogP contribution is 2.24. The van der Waals surface area contributed by atoms with Gasteiger partial charge >= 0.3 is 0 Å². The van der Waals surface area contributed by atoms with E-state index in [1.165, 1.54) is 6.07 Å². The highest BCUT2D eigenvalue weighted by molar-refractivity contribution is 9.10. The maximum absolute atomic E-state index is 13.1. The van der Waals surface area contributed by atoms with Crippen LogP contribution >= 0.6 is 15.9 Å². The van der Waals surface area contributed by atoms with Crippen LogP contribution in [0.5, 0.6) is 0 Å². The molecule has 21 heavy (non-hydrogen) atoms. The van der Waals surface area contributed by atoms with E-state index in [-0.39, 0.29) is 23.6 Å². The number of nitrogens with zero attached hydrogens (tertiary/aromatic N) is 1. The molecule has 0 aliphatic carbocycles. The molecule has 4 nitrogen and oxygen atoms in total. The predicted molar refractivity (Wildman–Crippen MR) is 81.6 cm³/mol. The second kappa shape index (κ2) is 5.97. The average Bonchev–Trinajstić information content (AvgIpc) is 2.82. The molecule has 0 aliphatic rings. The smallest absolute Gasteiger partial charge is 0.230 e. The third-order valence-electron chi connectivity index (χ3n) is 2.87. The van der Waals surface area contributed by atoms with Crippen molar-refractivity contribution in [3.05, 3.63) is 45.9 Å². The summed E-state index contributed by atoms with van der Waals surface area (Å²) in [7, 11) is 0. The monoisotopic (exact) mass is 354 g/mol. The highest BCUT2D eigenvalue weighted by atomic mass is 79.9. The molecule has 0 fully saturated rings.